The number of carbonyl (C=O) groups is 2. The van der Waals surface area contributed by atoms with Gasteiger partial charge < -0.3 is 15.3 Å². The van der Waals surface area contributed by atoms with Gasteiger partial charge in [0.1, 0.15) is 0 Å². The van der Waals surface area contributed by atoms with Crippen molar-refractivity contribution in [2.75, 3.05) is 33.2 Å². The van der Waals surface area contributed by atoms with Crippen LogP contribution in [0.3, 0.4) is 0 Å². The average Bonchev–Trinajstić information content (AvgIpc) is 2.60. The smallest absolute Gasteiger partial charge is 0.237 e. The predicted octanol–water partition coefficient (Wildman–Crippen LogP) is 1.04. The Morgan fingerprint density at radius 2 is 2.04 bits per heavy atom. The number of hydrogen-bond donors (Lipinski definition) is 2. The van der Waals surface area contributed by atoms with E-state index in [4.69, 9.17) is 0 Å². The third kappa shape index (κ3) is 6.42. The molecule has 1 heterocycles. The Balaban J connectivity index is 1.92. The number of hydrogen-bond acceptors (Lipinski definition) is 4. The summed E-state index contributed by atoms with van der Waals surface area (Å²) < 4.78 is 0. The van der Waals surface area contributed by atoms with Crippen molar-refractivity contribution in [1.82, 2.24) is 15.1 Å². The minimum Gasteiger partial charge on any atom is -0.390 e. The van der Waals surface area contributed by atoms with E-state index in [1.54, 1.807) is 25.8 Å². The van der Waals surface area contributed by atoms with Crippen LogP contribution in [0, 0.1) is 0 Å². The Bertz CT molecular complexity index is 598. The predicted molar refractivity (Wildman–Crippen MR) is 102 cm³/mol. The first-order valence-corrected chi connectivity index (χ1v) is 9.28. The lowest BCUT2D eigenvalue weighted by atomic mass is 10.0. The van der Waals surface area contributed by atoms with Crippen molar-refractivity contribution in [3.8, 4) is 0 Å². The summed E-state index contributed by atoms with van der Waals surface area (Å²) in [6.07, 6.45) is 1.53. The standard InChI is InChI=1S/C20H31N3O3/c1-20(2,26)10-13-22(3)18(24)15-17-19(25)21-11-14-23(17)12-9-16-7-5-4-6-8-16/h4-8,17,26H,9-15H2,1-3H3,(H,21,25)/t17-/m1/s1. The molecule has 0 unspecified atom stereocenters. The Morgan fingerprint density at radius 1 is 1.35 bits per heavy atom. The van der Waals surface area contributed by atoms with Crippen LogP contribution in [-0.2, 0) is 16.0 Å². The highest BCUT2D eigenvalue weighted by Gasteiger charge is 2.32. The van der Waals surface area contributed by atoms with Gasteiger partial charge in [0.05, 0.1) is 18.1 Å². The summed E-state index contributed by atoms with van der Waals surface area (Å²) >= 11 is 0. The first-order chi connectivity index (χ1) is 12.3. The molecule has 6 heteroatoms. The summed E-state index contributed by atoms with van der Waals surface area (Å²) in [7, 11) is 1.73. The zero-order valence-corrected chi connectivity index (χ0v) is 16.1. The molecule has 6 nitrogen and oxygen atoms in total. The second-order valence-corrected chi connectivity index (χ2v) is 7.66. The molecular weight excluding hydrogens is 330 g/mol. The van der Waals surface area contributed by atoms with Crippen molar-refractivity contribution in [2.45, 2.75) is 44.8 Å². The molecule has 2 rings (SSSR count). The van der Waals surface area contributed by atoms with Crippen molar-refractivity contribution in [2.24, 2.45) is 0 Å². The molecule has 0 aromatic heterocycles. The van der Waals surface area contributed by atoms with Crippen molar-refractivity contribution in [1.29, 1.82) is 0 Å². The van der Waals surface area contributed by atoms with Crippen LogP contribution in [0.5, 0.6) is 0 Å². The summed E-state index contributed by atoms with van der Waals surface area (Å²) in [6, 6.07) is 9.74. The molecular formula is C20H31N3O3. The number of carbonyl (C=O) groups excluding carboxylic acids is 2. The highest BCUT2D eigenvalue weighted by molar-refractivity contribution is 5.88. The number of rotatable bonds is 8. The molecule has 1 fully saturated rings. The van der Waals surface area contributed by atoms with Crippen molar-refractivity contribution in [3.63, 3.8) is 0 Å². The first kappa shape index (κ1) is 20.4. The minimum absolute atomic E-state index is 0.0685. The van der Waals surface area contributed by atoms with Crippen LogP contribution in [-0.4, -0.2) is 71.6 Å². The van der Waals surface area contributed by atoms with E-state index < -0.39 is 11.6 Å². The molecule has 1 saturated heterocycles. The van der Waals surface area contributed by atoms with Gasteiger partial charge in [-0.1, -0.05) is 30.3 Å². The van der Waals surface area contributed by atoms with Crippen LogP contribution in [0.15, 0.2) is 30.3 Å². The van der Waals surface area contributed by atoms with Gasteiger partial charge in [0, 0.05) is 33.2 Å². The van der Waals surface area contributed by atoms with E-state index in [0.29, 0.717) is 19.5 Å². The Labute approximate surface area is 156 Å². The van der Waals surface area contributed by atoms with Crippen LogP contribution in [0.1, 0.15) is 32.3 Å². The topological polar surface area (TPSA) is 72.9 Å². The third-order valence-electron chi connectivity index (χ3n) is 4.82. The maximum atomic E-state index is 12.5. The Morgan fingerprint density at radius 3 is 2.69 bits per heavy atom. The number of amides is 2. The second-order valence-electron chi connectivity index (χ2n) is 7.66. The summed E-state index contributed by atoms with van der Waals surface area (Å²) in [4.78, 5) is 28.6. The van der Waals surface area contributed by atoms with Crippen molar-refractivity contribution in [3.05, 3.63) is 35.9 Å². The monoisotopic (exact) mass is 361 g/mol. The fourth-order valence-corrected chi connectivity index (χ4v) is 3.06. The molecule has 1 aliphatic heterocycles. The van der Waals surface area contributed by atoms with Crippen LogP contribution >= 0.6 is 0 Å². The number of nitrogens with one attached hydrogen (secondary N) is 1. The largest absolute Gasteiger partial charge is 0.390 e. The van der Waals surface area contributed by atoms with Gasteiger partial charge in [-0.05, 0) is 32.3 Å². The lowest BCUT2D eigenvalue weighted by Gasteiger charge is -2.35. The first-order valence-electron chi connectivity index (χ1n) is 9.28. The molecule has 2 amide bonds. The maximum absolute atomic E-state index is 12.5. The van der Waals surface area contributed by atoms with E-state index in [-0.39, 0.29) is 18.2 Å². The van der Waals surface area contributed by atoms with Crippen molar-refractivity contribution < 1.29 is 14.7 Å². The third-order valence-corrected chi connectivity index (χ3v) is 4.82. The molecule has 0 bridgehead atoms. The molecule has 1 aliphatic rings. The average molecular weight is 361 g/mol. The van der Waals surface area contributed by atoms with E-state index in [0.717, 1.165) is 19.5 Å². The van der Waals surface area contributed by atoms with Gasteiger partial charge in [-0.3, -0.25) is 14.5 Å². The minimum atomic E-state index is -0.807. The van der Waals surface area contributed by atoms with E-state index in [9.17, 15) is 14.7 Å². The van der Waals surface area contributed by atoms with Crippen LogP contribution in [0.4, 0.5) is 0 Å². The normalized spacial score (nSPS) is 18.5. The number of piperazine rings is 1. The van der Waals surface area contributed by atoms with Gasteiger partial charge in [0.15, 0.2) is 0 Å². The summed E-state index contributed by atoms with van der Waals surface area (Å²) in [6.45, 7) is 6.05. The van der Waals surface area contributed by atoms with E-state index >= 15 is 0 Å². The molecule has 2 N–H and O–H groups in total. The van der Waals surface area contributed by atoms with E-state index in [1.165, 1.54) is 5.56 Å². The number of benzene rings is 1. The van der Waals surface area contributed by atoms with Gasteiger partial charge in [-0.2, -0.15) is 0 Å². The van der Waals surface area contributed by atoms with Gasteiger partial charge in [-0.15, -0.1) is 0 Å². The number of aliphatic hydroxyl groups is 1. The molecule has 1 aromatic carbocycles. The van der Waals surface area contributed by atoms with Crippen LogP contribution in [0.25, 0.3) is 0 Å². The Hall–Kier alpha value is -1.92. The van der Waals surface area contributed by atoms with Gasteiger partial charge in [0.25, 0.3) is 0 Å². The van der Waals surface area contributed by atoms with Gasteiger partial charge in [0.2, 0.25) is 11.8 Å². The van der Waals surface area contributed by atoms with Gasteiger partial charge >= 0.3 is 0 Å². The van der Waals surface area contributed by atoms with Gasteiger partial charge in [-0.25, -0.2) is 0 Å². The quantitative estimate of drug-likeness (QED) is 0.726. The zero-order chi connectivity index (χ0) is 19.2. The zero-order valence-electron chi connectivity index (χ0n) is 16.1. The SMILES string of the molecule is CN(CCC(C)(C)O)C(=O)C[C@@H]1C(=O)NCCN1CCc1ccccc1. The summed E-state index contributed by atoms with van der Waals surface area (Å²) in [5.41, 5.74) is 0.421. The molecule has 1 aromatic rings. The molecule has 0 spiro atoms. The molecule has 1 atom stereocenters. The van der Waals surface area contributed by atoms with Crippen LogP contribution in [0.2, 0.25) is 0 Å². The molecule has 0 radical (unpaired) electrons. The molecule has 0 saturated carbocycles. The highest BCUT2D eigenvalue weighted by atomic mass is 16.3. The lowest BCUT2D eigenvalue weighted by Crippen LogP contribution is -2.57. The fourth-order valence-electron chi connectivity index (χ4n) is 3.06. The fraction of sp³-hybridized carbons (Fsp3) is 0.600. The maximum Gasteiger partial charge on any atom is 0.237 e. The van der Waals surface area contributed by atoms with E-state index in [1.807, 2.05) is 18.2 Å². The molecule has 26 heavy (non-hydrogen) atoms. The Kier molecular flexibility index (Phi) is 7.17. The van der Waals surface area contributed by atoms with Crippen molar-refractivity contribution >= 4 is 11.8 Å². The van der Waals surface area contributed by atoms with Crippen LogP contribution < -0.4 is 5.32 Å². The summed E-state index contributed by atoms with van der Waals surface area (Å²) in [5.74, 6) is -0.144. The lowest BCUT2D eigenvalue weighted by molar-refractivity contribution is -0.138. The molecule has 144 valence electrons. The number of nitrogens with zero attached hydrogens (tertiary/aromatic N) is 2. The second kappa shape index (κ2) is 9.14. The highest BCUT2D eigenvalue weighted by Crippen LogP contribution is 2.14. The summed E-state index contributed by atoms with van der Waals surface area (Å²) in [5, 5.41) is 12.7. The molecule has 0 aliphatic carbocycles. The van der Waals surface area contributed by atoms with E-state index in [2.05, 4.69) is 22.3 Å².